The Morgan fingerprint density at radius 3 is 2.46 bits per heavy atom. The van der Waals surface area contributed by atoms with Crippen LogP contribution in [0.3, 0.4) is 0 Å². The summed E-state index contributed by atoms with van der Waals surface area (Å²) >= 11 is 0. The lowest BCUT2D eigenvalue weighted by Gasteiger charge is -2.17. The Kier molecular flexibility index (Phi) is 5.12. The number of carbonyl (C=O) groups is 1. The number of nitrogens with one attached hydrogen (secondary N) is 1. The van der Waals surface area contributed by atoms with Gasteiger partial charge in [-0.3, -0.25) is 4.79 Å². The van der Waals surface area contributed by atoms with Gasteiger partial charge >= 0.3 is 0 Å². The van der Waals surface area contributed by atoms with Crippen molar-refractivity contribution in [2.75, 3.05) is 18.1 Å². The molecule has 0 fully saturated rings. The number of aromatic nitrogens is 2. The summed E-state index contributed by atoms with van der Waals surface area (Å²) in [6, 6.07) is 19.1. The standard InChI is InChI=1S/C20H21N5O/c1-14-8-10-16(11-9-14)22-20-23-17(12-18(21)24-20)19(26)25(2)13-15-6-4-3-5-7-15/h3-12H,13H2,1-2H3,(H3,21,22,23,24). The van der Waals surface area contributed by atoms with Gasteiger partial charge < -0.3 is 16.0 Å². The van der Waals surface area contributed by atoms with Gasteiger partial charge in [-0.05, 0) is 24.6 Å². The van der Waals surface area contributed by atoms with Crippen LogP contribution in [0, 0.1) is 6.92 Å². The quantitative estimate of drug-likeness (QED) is 0.739. The molecule has 0 aliphatic rings. The second kappa shape index (κ2) is 7.65. The Balaban J connectivity index is 1.77. The summed E-state index contributed by atoms with van der Waals surface area (Å²) in [6.07, 6.45) is 0. The number of anilines is 3. The molecule has 1 amide bonds. The molecule has 132 valence electrons. The van der Waals surface area contributed by atoms with Crippen molar-refractivity contribution in [3.05, 3.63) is 77.5 Å². The molecule has 0 unspecified atom stereocenters. The Morgan fingerprint density at radius 2 is 1.77 bits per heavy atom. The monoisotopic (exact) mass is 347 g/mol. The normalized spacial score (nSPS) is 10.4. The predicted molar refractivity (Wildman–Crippen MR) is 103 cm³/mol. The summed E-state index contributed by atoms with van der Waals surface area (Å²) in [7, 11) is 1.74. The van der Waals surface area contributed by atoms with E-state index >= 15 is 0 Å². The van der Waals surface area contributed by atoms with Gasteiger partial charge in [0.15, 0.2) is 0 Å². The summed E-state index contributed by atoms with van der Waals surface area (Å²) in [5, 5.41) is 3.08. The molecule has 3 N–H and O–H groups in total. The molecule has 1 heterocycles. The average Bonchev–Trinajstić information content (AvgIpc) is 2.63. The molecule has 0 spiro atoms. The van der Waals surface area contributed by atoms with Gasteiger partial charge in [-0.2, -0.15) is 4.98 Å². The van der Waals surface area contributed by atoms with E-state index in [1.165, 1.54) is 6.07 Å². The van der Waals surface area contributed by atoms with E-state index in [1.807, 2.05) is 61.5 Å². The lowest BCUT2D eigenvalue weighted by Crippen LogP contribution is -2.27. The van der Waals surface area contributed by atoms with Crippen LogP contribution < -0.4 is 11.1 Å². The van der Waals surface area contributed by atoms with Crippen molar-refractivity contribution in [2.24, 2.45) is 0 Å². The molecule has 6 nitrogen and oxygen atoms in total. The first kappa shape index (κ1) is 17.4. The van der Waals surface area contributed by atoms with Gasteiger partial charge in [-0.25, -0.2) is 4.98 Å². The predicted octanol–water partition coefficient (Wildman–Crippen LogP) is 3.38. The van der Waals surface area contributed by atoms with Crippen LogP contribution in [0.25, 0.3) is 0 Å². The van der Waals surface area contributed by atoms with Crippen LogP contribution in [0.5, 0.6) is 0 Å². The summed E-state index contributed by atoms with van der Waals surface area (Å²) in [5.74, 6) is 0.325. The third-order valence-corrected chi connectivity index (χ3v) is 3.88. The summed E-state index contributed by atoms with van der Waals surface area (Å²) in [5.41, 5.74) is 9.15. The Morgan fingerprint density at radius 1 is 1.08 bits per heavy atom. The van der Waals surface area contributed by atoms with Gasteiger partial charge in [0, 0.05) is 25.3 Å². The number of aryl methyl sites for hydroxylation is 1. The van der Waals surface area contributed by atoms with Crippen LogP contribution in [0.1, 0.15) is 21.6 Å². The SMILES string of the molecule is Cc1ccc(Nc2nc(N)cc(C(=O)N(C)Cc3ccccc3)n2)cc1. The minimum Gasteiger partial charge on any atom is -0.384 e. The van der Waals surface area contributed by atoms with Crippen molar-refractivity contribution in [2.45, 2.75) is 13.5 Å². The van der Waals surface area contributed by atoms with Crippen LogP contribution in [-0.2, 0) is 6.54 Å². The molecule has 0 saturated carbocycles. The van der Waals surface area contributed by atoms with E-state index in [0.717, 1.165) is 16.8 Å². The lowest BCUT2D eigenvalue weighted by atomic mass is 10.2. The Labute approximate surface area is 152 Å². The second-order valence-electron chi connectivity index (χ2n) is 6.14. The Bertz CT molecular complexity index is 894. The molecular formula is C20H21N5O. The highest BCUT2D eigenvalue weighted by Gasteiger charge is 2.16. The van der Waals surface area contributed by atoms with Crippen LogP contribution in [0.2, 0.25) is 0 Å². The third kappa shape index (κ3) is 4.36. The van der Waals surface area contributed by atoms with Crippen molar-refractivity contribution in [1.82, 2.24) is 14.9 Å². The first-order valence-corrected chi connectivity index (χ1v) is 8.29. The van der Waals surface area contributed by atoms with E-state index in [1.54, 1.807) is 11.9 Å². The van der Waals surface area contributed by atoms with Crippen molar-refractivity contribution in [3.8, 4) is 0 Å². The van der Waals surface area contributed by atoms with Crippen LogP contribution in [0.15, 0.2) is 60.7 Å². The third-order valence-electron chi connectivity index (χ3n) is 3.88. The molecule has 0 aliphatic carbocycles. The number of nitrogens with zero attached hydrogens (tertiary/aromatic N) is 3. The molecule has 26 heavy (non-hydrogen) atoms. The number of amides is 1. The van der Waals surface area contributed by atoms with Crippen molar-refractivity contribution < 1.29 is 4.79 Å². The molecule has 0 saturated heterocycles. The maximum Gasteiger partial charge on any atom is 0.272 e. The highest BCUT2D eigenvalue weighted by atomic mass is 16.2. The van der Waals surface area contributed by atoms with Crippen molar-refractivity contribution in [1.29, 1.82) is 0 Å². The van der Waals surface area contributed by atoms with E-state index in [9.17, 15) is 4.79 Å². The van der Waals surface area contributed by atoms with Gasteiger partial charge in [0.05, 0.1) is 0 Å². The van der Waals surface area contributed by atoms with Crippen LogP contribution in [-0.4, -0.2) is 27.8 Å². The first-order valence-electron chi connectivity index (χ1n) is 8.29. The van der Waals surface area contributed by atoms with E-state index in [2.05, 4.69) is 15.3 Å². The molecule has 3 aromatic rings. The van der Waals surface area contributed by atoms with E-state index < -0.39 is 0 Å². The van der Waals surface area contributed by atoms with E-state index in [-0.39, 0.29) is 17.4 Å². The van der Waals surface area contributed by atoms with Gasteiger partial charge in [0.1, 0.15) is 11.5 Å². The maximum absolute atomic E-state index is 12.7. The van der Waals surface area contributed by atoms with E-state index in [4.69, 9.17) is 5.73 Å². The fraction of sp³-hybridized carbons (Fsp3) is 0.150. The van der Waals surface area contributed by atoms with E-state index in [0.29, 0.717) is 12.5 Å². The van der Waals surface area contributed by atoms with Crippen molar-refractivity contribution in [3.63, 3.8) is 0 Å². The zero-order valence-electron chi connectivity index (χ0n) is 14.8. The zero-order valence-corrected chi connectivity index (χ0v) is 14.8. The molecule has 0 bridgehead atoms. The number of nitrogen functional groups attached to an aromatic ring is 1. The molecule has 0 radical (unpaired) electrons. The number of carbonyl (C=O) groups excluding carboxylic acids is 1. The minimum atomic E-state index is -0.213. The minimum absolute atomic E-state index is 0.213. The largest absolute Gasteiger partial charge is 0.384 e. The zero-order chi connectivity index (χ0) is 18.5. The van der Waals surface area contributed by atoms with Gasteiger partial charge in [-0.15, -0.1) is 0 Å². The molecule has 0 aliphatic heterocycles. The number of rotatable bonds is 5. The summed E-state index contributed by atoms with van der Waals surface area (Å²) in [4.78, 5) is 22.8. The van der Waals surface area contributed by atoms with Crippen LogP contribution in [0.4, 0.5) is 17.5 Å². The Hall–Kier alpha value is -3.41. The molecule has 3 rings (SSSR count). The molecular weight excluding hydrogens is 326 g/mol. The fourth-order valence-corrected chi connectivity index (χ4v) is 2.52. The highest BCUT2D eigenvalue weighted by Crippen LogP contribution is 2.16. The van der Waals surface area contributed by atoms with Gasteiger partial charge in [0.2, 0.25) is 5.95 Å². The fourth-order valence-electron chi connectivity index (χ4n) is 2.52. The first-order chi connectivity index (χ1) is 12.5. The molecule has 6 heteroatoms. The van der Waals surface area contributed by atoms with Gasteiger partial charge in [-0.1, -0.05) is 48.0 Å². The highest BCUT2D eigenvalue weighted by molar-refractivity contribution is 5.93. The second-order valence-corrected chi connectivity index (χ2v) is 6.14. The number of benzene rings is 2. The average molecular weight is 347 g/mol. The topological polar surface area (TPSA) is 84.1 Å². The van der Waals surface area contributed by atoms with Crippen LogP contribution >= 0.6 is 0 Å². The maximum atomic E-state index is 12.7. The number of hydrogen-bond acceptors (Lipinski definition) is 5. The lowest BCUT2D eigenvalue weighted by molar-refractivity contribution is 0.0779. The molecule has 1 aromatic heterocycles. The summed E-state index contributed by atoms with van der Waals surface area (Å²) in [6.45, 7) is 2.50. The molecule has 2 aromatic carbocycles. The summed E-state index contributed by atoms with van der Waals surface area (Å²) < 4.78 is 0. The smallest absolute Gasteiger partial charge is 0.272 e. The molecule has 0 atom stereocenters. The van der Waals surface area contributed by atoms with Crippen molar-refractivity contribution >= 4 is 23.4 Å². The van der Waals surface area contributed by atoms with Gasteiger partial charge in [0.25, 0.3) is 5.91 Å². The number of nitrogens with two attached hydrogens (primary N) is 1. The number of hydrogen-bond donors (Lipinski definition) is 2.